The molecule has 0 saturated carbocycles. The van der Waals surface area contributed by atoms with Crippen LogP contribution < -0.4 is 5.32 Å². The molecule has 2 rings (SSSR count). The Morgan fingerprint density at radius 1 is 1.32 bits per heavy atom. The van der Waals surface area contributed by atoms with Crippen molar-refractivity contribution in [3.63, 3.8) is 0 Å². The van der Waals surface area contributed by atoms with Crippen LogP contribution in [-0.4, -0.2) is 19.0 Å². The summed E-state index contributed by atoms with van der Waals surface area (Å²) >= 11 is 5.37. The predicted octanol–water partition coefficient (Wildman–Crippen LogP) is 4.75. The van der Waals surface area contributed by atoms with Gasteiger partial charge >= 0.3 is 0 Å². The monoisotopic (exact) mass is 338 g/mol. The zero-order valence-corrected chi connectivity index (χ0v) is 13.9. The first-order valence-corrected chi connectivity index (χ1v) is 7.96. The third kappa shape index (κ3) is 4.06. The summed E-state index contributed by atoms with van der Waals surface area (Å²) in [6.45, 7) is 3.15. The molecule has 0 radical (unpaired) electrons. The fourth-order valence-electron chi connectivity index (χ4n) is 2.05. The normalized spacial score (nSPS) is 12.7. The van der Waals surface area contributed by atoms with Gasteiger partial charge in [-0.15, -0.1) is 11.3 Å². The fourth-order valence-corrected chi connectivity index (χ4v) is 3.78. The van der Waals surface area contributed by atoms with Crippen molar-refractivity contribution in [3.8, 4) is 0 Å². The summed E-state index contributed by atoms with van der Waals surface area (Å²) in [5, 5.41) is 5.67. The number of rotatable bonds is 5. The molecule has 2 aromatic rings. The molecule has 19 heavy (non-hydrogen) atoms. The first-order chi connectivity index (χ1) is 9.06. The van der Waals surface area contributed by atoms with Crippen molar-refractivity contribution < 1.29 is 0 Å². The number of hydrogen-bond acceptors (Lipinski definition) is 3. The van der Waals surface area contributed by atoms with Crippen LogP contribution in [0.2, 0.25) is 0 Å². The van der Waals surface area contributed by atoms with Crippen LogP contribution in [0.5, 0.6) is 0 Å². The number of thiophene rings is 1. The molecule has 4 heteroatoms. The molecule has 0 aliphatic heterocycles. The largest absolute Gasteiger partial charge is 0.378 e. The lowest BCUT2D eigenvalue weighted by Gasteiger charge is -2.16. The van der Waals surface area contributed by atoms with Gasteiger partial charge in [0, 0.05) is 21.6 Å². The highest BCUT2D eigenvalue weighted by molar-refractivity contribution is 9.10. The molecule has 0 aliphatic carbocycles. The van der Waals surface area contributed by atoms with E-state index in [1.807, 2.05) is 0 Å². The molecule has 1 aromatic heterocycles. The van der Waals surface area contributed by atoms with Crippen molar-refractivity contribution in [3.05, 3.63) is 50.6 Å². The average molecular weight is 339 g/mol. The van der Waals surface area contributed by atoms with E-state index in [4.69, 9.17) is 0 Å². The standard InChI is InChI=1S/C15H19BrN2S/c1-11(15-14(16)7-8-19-15)17-13-6-4-5-12(9-13)10-18(2)3/h4-9,11,17H,10H2,1-3H3. The van der Waals surface area contributed by atoms with E-state index < -0.39 is 0 Å². The van der Waals surface area contributed by atoms with Gasteiger partial charge in [-0.1, -0.05) is 12.1 Å². The van der Waals surface area contributed by atoms with Crippen LogP contribution >= 0.6 is 27.3 Å². The zero-order chi connectivity index (χ0) is 13.8. The van der Waals surface area contributed by atoms with Crippen molar-refractivity contribution in [1.29, 1.82) is 0 Å². The molecule has 0 saturated heterocycles. The smallest absolute Gasteiger partial charge is 0.0589 e. The van der Waals surface area contributed by atoms with Crippen LogP contribution in [-0.2, 0) is 6.54 Å². The van der Waals surface area contributed by atoms with Gasteiger partial charge in [-0.25, -0.2) is 0 Å². The van der Waals surface area contributed by atoms with Crippen LogP contribution in [0.4, 0.5) is 5.69 Å². The molecule has 0 amide bonds. The number of hydrogen-bond donors (Lipinski definition) is 1. The van der Waals surface area contributed by atoms with Crippen molar-refractivity contribution >= 4 is 33.0 Å². The highest BCUT2D eigenvalue weighted by Crippen LogP contribution is 2.31. The lowest BCUT2D eigenvalue weighted by Crippen LogP contribution is -2.11. The summed E-state index contributed by atoms with van der Waals surface area (Å²) in [7, 11) is 4.18. The minimum Gasteiger partial charge on any atom is -0.378 e. The lowest BCUT2D eigenvalue weighted by atomic mass is 10.1. The predicted molar refractivity (Wildman–Crippen MR) is 87.9 cm³/mol. The molecule has 0 aliphatic rings. The van der Waals surface area contributed by atoms with Crippen molar-refractivity contribution in [1.82, 2.24) is 4.90 Å². The van der Waals surface area contributed by atoms with Gasteiger partial charge < -0.3 is 10.2 Å². The highest BCUT2D eigenvalue weighted by Gasteiger charge is 2.10. The van der Waals surface area contributed by atoms with Gasteiger partial charge in [0.2, 0.25) is 0 Å². The maximum atomic E-state index is 3.59. The number of anilines is 1. The van der Waals surface area contributed by atoms with Gasteiger partial charge in [0.1, 0.15) is 0 Å². The Labute approximate surface area is 127 Å². The SMILES string of the molecule is CC(Nc1cccc(CN(C)C)c1)c1sccc1Br. The summed E-state index contributed by atoms with van der Waals surface area (Å²) in [4.78, 5) is 3.51. The Morgan fingerprint density at radius 3 is 2.74 bits per heavy atom. The Balaban J connectivity index is 2.09. The van der Waals surface area contributed by atoms with Crippen LogP contribution in [0.25, 0.3) is 0 Å². The van der Waals surface area contributed by atoms with E-state index >= 15 is 0 Å². The first kappa shape index (κ1) is 14.6. The van der Waals surface area contributed by atoms with Crippen molar-refractivity contribution in [2.24, 2.45) is 0 Å². The molecule has 1 heterocycles. The quantitative estimate of drug-likeness (QED) is 0.846. The molecule has 0 bridgehead atoms. The Hall–Kier alpha value is -0.840. The molecule has 1 aromatic carbocycles. The van der Waals surface area contributed by atoms with E-state index in [1.54, 1.807) is 11.3 Å². The van der Waals surface area contributed by atoms with Crippen LogP contribution in [0.15, 0.2) is 40.2 Å². The summed E-state index contributed by atoms with van der Waals surface area (Å²) in [6.07, 6.45) is 0. The van der Waals surface area contributed by atoms with E-state index in [0.29, 0.717) is 6.04 Å². The number of benzene rings is 1. The van der Waals surface area contributed by atoms with E-state index in [0.717, 1.165) is 6.54 Å². The molecule has 1 unspecified atom stereocenters. The van der Waals surface area contributed by atoms with Crippen LogP contribution in [0.1, 0.15) is 23.4 Å². The van der Waals surface area contributed by atoms with Gasteiger partial charge in [0.25, 0.3) is 0 Å². The number of nitrogens with one attached hydrogen (secondary N) is 1. The van der Waals surface area contributed by atoms with Gasteiger partial charge in [-0.05, 0) is 66.1 Å². The lowest BCUT2D eigenvalue weighted by molar-refractivity contribution is 0.402. The molecule has 0 spiro atoms. The fraction of sp³-hybridized carbons (Fsp3) is 0.333. The molecule has 1 atom stereocenters. The second-order valence-corrected chi connectivity index (χ2v) is 6.74. The van der Waals surface area contributed by atoms with Crippen LogP contribution in [0, 0.1) is 0 Å². The van der Waals surface area contributed by atoms with Crippen LogP contribution in [0.3, 0.4) is 0 Å². The summed E-state index contributed by atoms with van der Waals surface area (Å²) < 4.78 is 1.18. The highest BCUT2D eigenvalue weighted by atomic mass is 79.9. The van der Waals surface area contributed by atoms with E-state index in [1.165, 1.54) is 20.6 Å². The van der Waals surface area contributed by atoms with Crippen molar-refractivity contribution in [2.45, 2.75) is 19.5 Å². The van der Waals surface area contributed by atoms with Gasteiger partial charge in [0.05, 0.1) is 6.04 Å². The van der Waals surface area contributed by atoms with E-state index in [-0.39, 0.29) is 0 Å². The molecule has 0 fully saturated rings. The van der Waals surface area contributed by atoms with Gasteiger partial charge in [-0.3, -0.25) is 0 Å². The summed E-state index contributed by atoms with van der Waals surface area (Å²) in [6, 6.07) is 11.0. The maximum absolute atomic E-state index is 3.59. The third-order valence-corrected chi connectivity index (χ3v) is 4.90. The molecular weight excluding hydrogens is 320 g/mol. The Bertz CT molecular complexity index is 536. The number of nitrogens with zero attached hydrogens (tertiary/aromatic N) is 1. The molecule has 1 N–H and O–H groups in total. The van der Waals surface area contributed by atoms with Gasteiger partial charge in [-0.2, -0.15) is 0 Å². The Kier molecular flexibility index (Phi) is 5.02. The van der Waals surface area contributed by atoms with Gasteiger partial charge in [0.15, 0.2) is 0 Å². The topological polar surface area (TPSA) is 15.3 Å². The van der Waals surface area contributed by atoms with Crippen molar-refractivity contribution in [2.75, 3.05) is 19.4 Å². The van der Waals surface area contributed by atoms with E-state index in [9.17, 15) is 0 Å². The molecular formula is C15H19BrN2S. The molecule has 2 nitrogen and oxygen atoms in total. The third-order valence-electron chi connectivity index (χ3n) is 2.85. The summed E-state index contributed by atoms with van der Waals surface area (Å²) in [5.74, 6) is 0. The Morgan fingerprint density at radius 2 is 2.11 bits per heavy atom. The number of halogens is 1. The van der Waals surface area contributed by atoms with E-state index in [2.05, 4.69) is 82.9 Å². The average Bonchev–Trinajstić information content (AvgIpc) is 2.75. The zero-order valence-electron chi connectivity index (χ0n) is 11.5. The maximum Gasteiger partial charge on any atom is 0.0589 e. The minimum absolute atomic E-state index is 0.309. The second kappa shape index (κ2) is 6.55. The molecule has 102 valence electrons. The minimum atomic E-state index is 0.309. The first-order valence-electron chi connectivity index (χ1n) is 6.29. The summed E-state index contributed by atoms with van der Waals surface area (Å²) in [5.41, 5.74) is 2.50. The second-order valence-electron chi connectivity index (χ2n) is 4.94.